The predicted molar refractivity (Wildman–Crippen MR) is 131 cm³/mol. The lowest BCUT2D eigenvalue weighted by Crippen LogP contribution is -2.43. The molecule has 0 saturated heterocycles. The second kappa shape index (κ2) is 11.6. The number of nitrogens with zero attached hydrogens (tertiary/aromatic N) is 3. The number of nitrogens with one attached hydrogen (secondary N) is 2. The molecule has 12 heteroatoms. The average Bonchev–Trinajstić information content (AvgIpc) is 3.27. The number of halogens is 3. The van der Waals surface area contributed by atoms with Crippen LogP contribution in [0.2, 0.25) is 0 Å². The number of aromatic nitrogens is 2. The maximum atomic E-state index is 13.5. The molecule has 2 amide bonds. The number of aliphatic hydroxyl groups excluding tert-OH is 1. The van der Waals surface area contributed by atoms with E-state index in [-0.39, 0.29) is 29.6 Å². The molecule has 0 spiro atoms. The van der Waals surface area contributed by atoms with Gasteiger partial charge in [-0.3, -0.25) is 14.8 Å². The largest absolute Gasteiger partial charge is 0.861 e. The van der Waals surface area contributed by atoms with E-state index in [1.54, 1.807) is 12.1 Å². The van der Waals surface area contributed by atoms with Crippen LogP contribution in [0.15, 0.2) is 58.2 Å². The van der Waals surface area contributed by atoms with Crippen LogP contribution in [0.5, 0.6) is 0 Å². The van der Waals surface area contributed by atoms with Gasteiger partial charge in [0, 0.05) is 18.0 Å². The third-order valence-electron chi connectivity index (χ3n) is 6.40. The summed E-state index contributed by atoms with van der Waals surface area (Å²) in [7, 11) is 0. The van der Waals surface area contributed by atoms with Gasteiger partial charge in [-0.2, -0.15) is 13.2 Å². The van der Waals surface area contributed by atoms with E-state index in [2.05, 4.69) is 20.9 Å². The van der Waals surface area contributed by atoms with Gasteiger partial charge in [-0.05, 0) is 55.0 Å². The molecular formula is C26H28F3N5O4. The molecule has 1 aliphatic rings. The number of anilines is 2. The minimum atomic E-state index is -4.72. The van der Waals surface area contributed by atoms with E-state index in [1.807, 2.05) is 19.1 Å². The standard InChI is InChI=1S/C26H28F3N5O4/c1-16-6-2-3-7-17(16)10-23(36)30-20-11-19(26(27,28)29)12-21(13-20)31-25(37)32-24-15-34(33-38-24)14-18-8-4-5-9-22(18)35/h2-3,6-7,11-13,15,18,22,35H,4-5,8-10,14H2,1H3,(H2-,30,31,32,33,36,37)/t18-,22-/m1/s1. The van der Waals surface area contributed by atoms with Crippen molar-refractivity contribution in [3.63, 3.8) is 0 Å². The van der Waals surface area contributed by atoms with Crippen molar-refractivity contribution in [1.82, 2.24) is 5.27 Å². The van der Waals surface area contributed by atoms with Crippen LogP contribution in [-0.2, 0) is 19.1 Å². The fourth-order valence-electron chi connectivity index (χ4n) is 4.40. The number of aliphatic imine (C=N–C) groups is 1. The van der Waals surface area contributed by atoms with Gasteiger partial charge in [-0.15, -0.1) is 0 Å². The molecule has 1 heterocycles. The Morgan fingerprint density at radius 2 is 1.97 bits per heavy atom. The highest BCUT2D eigenvalue weighted by Crippen LogP contribution is 2.34. The average molecular weight is 532 g/mol. The number of rotatable bonds is 7. The first-order chi connectivity index (χ1) is 18.1. The molecule has 1 aromatic heterocycles. The molecule has 0 radical (unpaired) electrons. The number of alkyl halides is 3. The minimum Gasteiger partial charge on any atom is -0.861 e. The topological polar surface area (TPSA) is 127 Å². The highest BCUT2D eigenvalue weighted by atomic mass is 19.4. The second-order valence-electron chi connectivity index (χ2n) is 9.35. The van der Waals surface area contributed by atoms with Gasteiger partial charge in [-0.1, -0.05) is 41.8 Å². The molecule has 202 valence electrons. The predicted octanol–water partition coefficient (Wildman–Crippen LogP) is 4.12. The first kappa shape index (κ1) is 27.1. The van der Waals surface area contributed by atoms with Crippen molar-refractivity contribution in [3.8, 4) is 0 Å². The molecule has 1 fully saturated rings. The molecule has 1 saturated carbocycles. The number of amides is 2. The van der Waals surface area contributed by atoms with E-state index in [0.717, 1.165) is 43.4 Å². The summed E-state index contributed by atoms with van der Waals surface area (Å²) >= 11 is 0. The van der Waals surface area contributed by atoms with Crippen LogP contribution in [0, 0.1) is 12.8 Å². The van der Waals surface area contributed by atoms with Crippen LogP contribution in [0.4, 0.5) is 35.2 Å². The molecule has 0 unspecified atom stereocenters. The van der Waals surface area contributed by atoms with Crippen molar-refractivity contribution in [2.45, 2.75) is 57.9 Å². The van der Waals surface area contributed by atoms with Crippen LogP contribution in [0.25, 0.3) is 0 Å². The Balaban J connectivity index is 1.45. The minimum absolute atomic E-state index is 0.0151. The number of urea groups is 1. The summed E-state index contributed by atoms with van der Waals surface area (Å²) in [6, 6.07) is 8.94. The molecule has 3 N–H and O–H groups in total. The van der Waals surface area contributed by atoms with Gasteiger partial charge in [0.2, 0.25) is 5.27 Å². The zero-order valence-electron chi connectivity index (χ0n) is 20.7. The molecule has 0 bridgehead atoms. The molecule has 4 rings (SSSR count). The van der Waals surface area contributed by atoms with Crippen LogP contribution >= 0.6 is 0 Å². The molecule has 2 aromatic carbocycles. The number of aliphatic hydroxyl groups is 1. The highest BCUT2D eigenvalue weighted by molar-refractivity contribution is 5.99. The fraction of sp³-hybridized carbons (Fsp3) is 0.385. The zero-order chi connectivity index (χ0) is 27.3. The zero-order valence-corrected chi connectivity index (χ0v) is 20.7. The maximum absolute atomic E-state index is 13.5. The van der Waals surface area contributed by atoms with Gasteiger partial charge in [0.15, 0.2) is 6.54 Å². The Bertz CT molecular complexity index is 1310. The summed E-state index contributed by atoms with van der Waals surface area (Å²) in [5.41, 5.74) is 0.0621. The summed E-state index contributed by atoms with van der Waals surface area (Å²) in [6.07, 6.45) is -0.252. The second-order valence-corrected chi connectivity index (χ2v) is 9.35. The Labute approximate surface area is 217 Å². The smallest absolute Gasteiger partial charge is 0.416 e. The number of hydrogen-bond acceptors (Lipinski definition) is 6. The van der Waals surface area contributed by atoms with Crippen LogP contribution in [0.3, 0.4) is 0 Å². The van der Waals surface area contributed by atoms with E-state index in [1.165, 1.54) is 16.9 Å². The van der Waals surface area contributed by atoms with Gasteiger partial charge in [0.1, 0.15) is 0 Å². The Morgan fingerprint density at radius 1 is 1.21 bits per heavy atom. The van der Waals surface area contributed by atoms with E-state index < -0.39 is 29.8 Å². The number of hydrogen-bond donors (Lipinski definition) is 3. The van der Waals surface area contributed by atoms with Crippen molar-refractivity contribution in [3.05, 3.63) is 65.4 Å². The van der Waals surface area contributed by atoms with Gasteiger partial charge < -0.3 is 15.5 Å². The molecule has 38 heavy (non-hydrogen) atoms. The molecular weight excluding hydrogens is 503 g/mol. The normalized spacial score (nSPS) is 18.3. The van der Waals surface area contributed by atoms with Crippen molar-refractivity contribution >= 4 is 29.2 Å². The summed E-state index contributed by atoms with van der Waals surface area (Å²) in [5, 5.41) is 31.1. The monoisotopic (exact) mass is 531 g/mol. The number of carbonyl (C=O) groups is 1. The van der Waals surface area contributed by atoms with Gasteiger partial charge in [-0.25, -0.2) is 4.79 Å². The van der Waals surface area contributed by atoms with E-state index in [4.69, 9.17) is 4.52 Å². The third kappa shape index (κ3) is 7.31. The van der Waals surface area contributed by atoms with Crippen LogP contribution in [-0.4, -0.2) is 28.4 Å². The van der Waals surface area contributed by atoms with Crippen molar-refractivity contribution in [1.29, 1.82) is 0 Å². The third-order valence-corrected chi connectivity index (χ3v) is 6.40. The first-order valence-corrected chi connectivity index (χ1v) is 12.2. The van der Waals surface area contributed by atoms with Crippen molar-refractivity contribution in [2.24, 2.45) is 10.9 Å². The van der Waals surface area contributed by atoms with Crippen LogP contribution in [0.1, 0.15) is 42.4 Å². The number of benzene rings is 2. The molecule has 9 nitrogen and oxygen atoms in total. The molecule has 1 aliphatic carbocycles. The fourth-order valence-corrected chi connectivity index (χ4v) is 4.40. The lowest BCUT2D eigenvalue weighted by molar-refractivity contribution is -0.768. The van der Waals surface area contributed by atoms with Gasteiger partial charge >= 0.3 is 18.1 Å². The lowest BCUT2D eigenvalue weighted by Gasteiger charge is -2.23. The molecule has 0 aliphatic heterocycles. The Morgan fingerprint density at radius 3 is 2.71 bits per heavy atom. The van der Waals surface area contributed by atoms with E-state index in [0.29, 0.717) is 12.1 Å². The van der Waals surface area contributed by atoms with E-state index in [9.17, 15) is 28.2 Å². The highest BCUT2D eigenvalue weighted by Gasteiger charge is 2.32. The van der Waals surface area contributed by atoms with Crippen molar-refractivity contribution < 1.29 is 37.4 Å². The summed E-state index contributed by atoms with van der Waals surface area (Å²) in [5.74, 6) is -0.636. The molecule has 2 atom stereocenters. The van der Waals surface area contributed by atoms with Crippen LogP contribution < -0.4 is 20.4 Å². The Kier molecular flexibility index (Phi) is 8.30. The number of aryl methyl sites for hydroxylation is 1. The summed E-state index contributed by atoms with van der Waals surface area (Å²) in [4.78, 5) is 16.3. The van der Waals surface area contributed by atoms with Crippen molar-refractivity contribution in [2.75, 3.05) is 10.6 Å². The number of carbonyl (C=O) groups excluding carboxylic acids is 1. The maximum Gasteiger partial charge on any atom is 0.416 e. The summed E-state index contributed by atoms with van der Waals surface area (Å²) in [6.45, 7) is 2.23. The van der Waals surface area contributed by atoms with E-state index >= 15 is 0 Å². The van der Waals surface area contributed by atoms with Gasteiger partial charge in [0.25, 0.3) is 6.20 Å². The quantitative estimate of drug-likeness (QED) is 0.240. The summed E-state index contributed by atoms with van der Waals surface area (Å²) < 4.78 is 47.0. The first-order valence-electron chi connectivity index (χ1n) is 12.2. The van der Waals surface area contributed by atoms with Gasteiger partial charge in [0.05, 0.1) is 17.4 Å². The lowest BCUT2D eigenvalue weighted by atomic mass is 9.86. The SMILES string of the molecule is Cc1ccccc1CC([O-])=Nc1cc(NC(=O)Nc2c[n+](C[C@H]3CCCC[C@H]3O)no2)cc(C(F)(F)F)c1. The Hall–Kier alpha value is -3.93. The molecule has 3 aromatic rings.